The summed E-state index contributed by atoms with van der Waals surface area (Å²) in [6, 6.07) is 50.1. The van der Waals surface area contributed by atoms with E-state index in [4.69, 9.17) is 14.4 Å². The summed E-state index contributed by atoms with van der Waals surface area (Å²) in [7, 11) is 0. The van der Waals surface area contributed by atoms with Gasteiger partial charge in [-0.05, 0) is 34.9 Å². The lowest BCUT2D eigenvalue weighted by molar-refractivity contribution is 0.670. The first-order chi connectivity index (χ1) is 20.3. The molecule has 0 radical (unpaired) electrons. The van der Waals surface area contributed by atoms with Gasteiger partial charge in [-0.25, -0.2) is 9.97 Å². The van der Waals surface area contributed by atoms with Gasteiger partial charge in [0, 0.05) is 27.5 Å². The van der Waals surface area contributed by atoms with E-state index >= 15 is 0 Å². The number of aromatic nitrogens is 2. The fourth-order valence-electron chi connectivity index (χ4n) is 5.65. The quantitative estimate of drug-likeness (QED) is 0.230. The van der Waals surface area contributed by atoms with Crippen molar-refractivity contribution >= 4 is 33.0 Å². The van der Waals surface area contributed by atoms with E-state index in [0.717, 1.165) is 77.7 Å². The molecule has 0 aliphatic heterocycles. The van der Waals surface area contributed by atoms with Gasteiger partial charge in [-0.15, -0.1) is 0 Å². The Hall–Kier alpha value is -5.54. The van der Waals surface area contributed by atoms with Gasteiger partial charge >= 0.3 is 0 Å². The smallest absolute Gasteiger partial charge is 0.143 e. The Morgan fingerprint density at radius 2 is 0.976 bits per heavy atom. The third kappa shape index (κ3) is 4.07. The van der Waals surface area contributed by atoms with Gasteiger partial charge in [-0.1, -0.05) is 127 Å². The molecule has 6 aromatic carbocycles. The van der Waals surface area contributed by atoms with Gasteiger partial charge in [0.25, 0.3) is 0 Å². The van der Waals surface area contributed by atoms with E-state index in [0.29, 0.717) is 0 Å². The minimum atomic E-state index is 0.872. The van der Waals surface area contributed by atoms with Crippen molar-refractivity contribution < 1.29 is 4.42 Å². The number of benzene rings is 6. The first kappa shape index (κ1) is 23.4. The Kier molecular flexibility index (Phi) is 5.46. The second-order valence-corrected chi connectivity index (χ2v) is 10.2. The van der Waals surface area contributed by atoms with Crippen LogP contribution in [-0.4, -0.2) is 9.97 Å². The molecule has 2 aromatic heterocycles. The van der Waals surface area contributed by atoms with Crippen LogP contribution in [0.25, 0.3) is 77.7 Å². The van der Waals surface area contributed by atoms with Crippen molar-refractivity contribution in [2.24, 2.45) is 0 Å². The maximum atomic E-state index is 6.28. The largest absolute Gasteiger partial charge is 0.455 e. The highest BCUT2D eigenvalue weighted by molar-refractivity contribution is 6.09. The molecular formula is C38H24N2O. The highest BCUT2D eigenvalue weighted by atomic mass is 16.3. The zero-order valence-electron chi connectivity index (χ0n) is 22.2. The summed E-state index contributed by atoms with van der Waals surface area (Å²) in [4.78, 5) is 10.2. The molecule has 0 fully saturated rings. The molecule has 41 heavy (non-hydrogen) atoms. The van der Waals surface area contributed by atoms with Gasteiger partial charge in [0.15, 0.2) is 0 Å². The van der Waals surface area contributed by atoms with Gasteiger partial charge in [0.2, 0.25) is 0 Å². The molecule has 0 saturated carbocycles. The SMILES string of the molecule is c1ccc(-c2nc3ccc(-c4ccc(-c5cccc6c5oc5ccccc56)cc4)cc3nc2-c2ccccc2)cc1. The van der Waals surface area contributed by atoms with Crippen molar-refractivity contribution in [3.05, 3.63) is 146 Å². The number of hydrogen-bond acceptors (Lipinski definition) is 3. The number of para-hydroxylation sites is 2. The Balaban J connectivity index is 1.21. The zero-order chi connectivity index (χ0) is 27.2. The van der Waals surface area contributed by atoms with Gasteiger partial charge in [0.05, 0.1) is 22.4 Å². The maximum absolute atomic E-state index is 6.28. The number of furan rings is 1. The number of nitrogens with zero attached hydrogens (tertiary/aromatic N) is 2. The van der Waals surface area contributed by atoms with E-state index in [9.17, 15) is 0 Å². The average Bonchev–Trinajstić information content (AvgIpc) is 3.44. The van der Waals surface area contributed by atoms with Crippen LogP contribution in [0.15, 0.2) is 150 Å². The maximum Gasteiger partial charge on any atom is 0.143 e. The van der Waals surface area contributed by atoms with E-state index in [2.05, 4.69) is 97.1 Å². The molecule has 8 aromatic rings. The summed E-state index contributed by atoms with van der Waals surface area (Å²) in [5, 5.41) is 2.28. The van der Waals surface area contributed by atoms with Crippen LogP contribution in [-0.2, 0) is 0 Å². The van der Waals surface area contributed by atoms with Gasteiger partial charge in [-0.2, -0.15) is 0 Å². The topological polar surface area (TPSA) is 38.9 Å². The molecule has 0 atom stereocenters. The Morgan fingerprint density at radius 1 is 0.390 bits per heavy atom. The van der Waals surface area contributed by atoms with Crippen LogP contribution < -0.4 is 0 Å². The van der Waals surface area contributed by atoms with E-state index in [1.807, 2.05) is 48.5 Å². The average molecular weight is 525 g/mol. The molecule has 3 heteroatoms. The molecule has 0 amide bonds. The molecule has 0 unspecified atom stereocenters. The van der Waals surface area contributed by atoms with Crippen LogP contribution in [0.1, 0.15) is 0 Å². The Bertz CT molecular complexity index is 2180. The molecule has 0 spiro atoms. The van der Waals surface area contributed by atoms with Crippen LogP contribution in [0, 0.1) is 0 Å². The molecule has 0 aliphatic rings. The summed E-state index contributed by atoms with van der Waals surface area (Å²) in [6.45, 7) is 0. The summed E-state index contributed by atoms with van der Waals surface area (Å²) in [6.07, 6.45) is 0. The second-order valence-electron chi connectivity index (χ2n) is 10.2. The van der Waals surface area contributed by atoms with E-state index in [1.54, 1.807) is 0 Å². The number of fused-ring (bicyclic) bond motifs is 4. The first-order valence-corrected chi connectivity index (χ1v) is 13.8. The van der Waals surface area contributed by atoms with Gasteiger partial charge < -0.3 is 4.42 Å². The normalized spacial score (nSPS) is 11.4. The van der Waals surface area contributed by atoms with Crippen molar-refractivity contribution in [3.63, 3.8) is 0 Å². The van der Waals surface area contributed by atoms with E-state index in [-0.39, 0.29) is 0 Å². The van der Waals surface area contributed by atoms with E-state index in [1.165, 1.54) is 0 Å². The number of hydrogen-bond donors (Lipinski definition) is 0. The van der Waals surface area contributed by atoms with Crippen LogP contribution >= 0.6 is 0 Å². The zero-order valence-corrected chi connectivity index (χ0v) is 22.2. The van der Waals surface area contributed by atoms with E-state index < -0.39 is 0 Å². The predicted octanol–water partition coefficient (Wildman–Crippen LogP) is 10.2. The number of rotatable bonds is 4. The van der Waals surface area contributed by atoms with Crippen molar-refractivity contribution in [2.45, 2.75) is 0 Å². The predicted molar refractivity (Wildman–Crippen MR) is 169 cm³/mol. The summed E-state index contributed by atoms with van der Waals surface area (Å²) in [5.41, 5.74) is 11.9. The fraction of sp³-hybridized carbons (Fsp3) is 0. The molecule has 0 N–H and O–H groups in total. The van der Waals surface area contributed by atoms with Crippen molar-refractivity contribution in [3.8, 4) is 44.8 Å². The molecule has 3 nitrogen and oxygen atoms in total. The van der Waals surface area contributed by atoms with Gasteiger partial charge in [0.1, 0.15) is 11.2 Å². The summed E-state index contributed by atoms with van der Waals surface area (Å²) < 4.78 is 6.28. The lowest BCUT2D eigenvalue weighted by Crippen LogP contribution is -1.95. The second kappa shape index (κ2) is 9.58. The molecular weight excluding hydrogens is 500 g/mol. The molecule has 0 bridgehead atoms. The Labute approximate surface area is 237 Å². The van der Waals surface area contributed by atoms with Crippen LogP contribution in [0.3, 0.4) is 0 Å². The Morgan fingerprint density at radius 3 is 1.71 bits per heavy atom. The molecule has 0 aliphatic carbocycles. The van der Waals surface area contributed by atoms with Crippen LogP contribution in [0.2, 0.25) is 0 Å². The standard InChI is InChI=1S/C38H24N2O/c1-3-10-27(11-4-1)36-37(28-12-5-2-6-13-28)40-34-24-29(22-23-33(34)39-36)25-18-20-26(21-19-25)30-15-9-16-32-31-14-7-8-17-35(31)41-38(30)32/h1-24H. The van der Waals surface area contributed by atoms with Crippen molar-refractivity contribution in [1.82, 2.24) is 9.97 Å². The van der Waals surface area contributed by atoms with Crippen LogP contribution in [0.4, 0.5) is 0 Å². The summed E-state index contributed by atoms with van der Waals surface area (Å²) in [5.74, 6) is 0. The van der Waals surface area contributed by atoms with Crippen molar-refractivity contribution in [2.75, 3.05) is 0 Å². The fourth-order valence-corrected chi connectivity index (χ4v) is 5.65. The molecule has 2 heterocycles. The highest BCUT2D eigenvalue weighted by Gasteiger charge is 2.15. The summed E-state index contributed by atoms with van der Waals surface area (Å²) >= 11 is 0. The lowest BCUT2D eigenvalue weighted by Gasteiger charge is -2.12. The molecule has 0 saturated heterocycles. The molecule has 8 rings (SSSR count). The third-order valence-corrected chi connectivity index (χ3v) is 7.69. The minimum Gasteiger partial charge on any atom is -0.455 e. The lowest BCUT2D eigenvalue weighted by atomic mass is 9.98. The molecule has 192 valence electrons. The van der Waals surface area contributed by atoms with Crippen molar-refractivity contribution in [1.29, 1.82) is 0 Å². The third-order valence-electron chi connectivity index (χ3n) is 7.69. The highest BCUT2D eigenvalue weighted by Crippen LogP contribution is 2.37. The first-order valence-electron chi connectivity index (χ1n) is 13.8. The monoisotopic (exact) mass is 524 g/mol. The minimum absolute atomic E-state index is 0.872. The van der Waals surface area contributed by atoms with Gasteiger partial charge in [-0.3, -0.25) is 0 Å². The van der Waals surface area contributed by atoms with Crippen LogP contribution in [0.5, 0.6) is 0 Å².